The molecule has 0 bridgehead atoms. The first kappa shape index (κ1) is 14.1. The third kappa shape index (κ3) is 3.60. The van der Waals surface area contributed by atoms with Crippen molar-refractivity contribution in [2.75, 3.05) is 11.4 Å². The first-order valence-electron chi connectivity index (χ1n) is 6.64. The molecule has 0 aromatic heterocycles. The van der Waals surface area contributed by atoms with E-state index in [1.54, 1.807) is 0 Å². The molecule has 1 N–H and O–H groups in total. The Labute approximate surface area is 119 Å². The van der Waals surface area contributed by atoms with Crippen LogP contribution < -0.4 is 4.90 Å². The third-order valence-electron chi connectivity index (χ3n) is 3.31. The lowest BCUT2D eigenvalue weighted by molar-refractivity contribution is -0.135. The Morgan fingerprint density at radius 2 is 1.80 bits per heavy atom. The highest BCUT2D eigenvalue weighted by Crippen LogP contribution is 2.19. The molecule has 3 heteroatoms. The Morgan fingerprint density at radius 3 is 2.40 bits per heavy atom. The minimum Gasteiger partial charge on any atom is -0.480 e. The van der Waals surface area contributed by atoms with Gasteiger partial charge in [0, 0.05) is 12.2 Å². The predicted molar refractivity (Wildman–Crippen MR) is 81.0 cm³/mol. The van der Waals surface area contributed by atoms with Crippen molar-refractivity contribution in [1.82, 2.24) is 0 Å². The number of aliphatic carboxylic acids is 1. The first-order chi connectivity index (χ1) is 9.56. The van der Waals surface area contributed by atoms with Crippen LogP contribution in [0.3, 0.4) is 0 Å². The molecule has 2 aromatic rings. The van der Waals surface area contributed by atoms with Crippen molar-refractivity contribution < 1.29 is 9.90 Å². The summed E-state index contributed by atoms with van der Waals surface area (Å²) in [5.41, 5.74) is 4.49. The summed E-state index contributed by atoms with van der Waals surface area (Å²) in [4.78, 5) is 12.9. The van der Waals surface area contributed by atoms with Crippen LogP contribution in [0.2, 0.25) is 0 Å². The fraction of sp³-hybridized carbons (Fsp3) is 0.235. The molecule has 0 spiro atoms. The summed E-state index contributed by atoms with van der Waals surface area (Å²) in [6, 6.07) is 15.9. The van der Waals surface area contributed by atoms with Crippen molar-refractivity contribution in [3.05, 3.63) is 65.2 Å². The van der Waals surface area contributed by atoms with Crippen LogP contribution in [-0.2, 0) is 11.3 Å². The van der Waals surface area contributed by atoms with E-state index in [1.165, 1.54) is 11.1 Å². The number of para-hydroxylation sites is 1. The number of aryl methyl sites for hydroxylation is 2. The summed E-state index contributed by atoms with van der Waals surface area (Å²) >= 11 is 0. The Balaban J connectivity index is 2.26. The summed E-state index contributed by atoms with van der Waals surface area (Å²) in [7, 11) is 0. The molecule has 0 unspecified atom stereocenters. The van der Waals surface area contributed by atoms with Gasteiger partial charge >= 0.3 is 5.97 Å². The van der Waals surface area contributed by atoms with Crippen molar-refractivity contribution in [2.24, 2.45) is 0 Å². The van der Waals surface area contributed by atoms with Crippen LogP contribution in [0.15, 0.2) is 48.5 Å². The summed E-state index contributed by atoms with van der Waals surface area (Å²) in [6.45, 7) is 4.72. The van der Waals surface area contributed by atoms with Crippen LogP contribution in [0.4, 0.5) is 5.69 Å². The maximum atomic E-state index is 11.1. The van der Waals surface area contributed by atoms with Gasteiger partial charge in [-0.3, -0.25) is 4.79 Å². The number of hydrogen-bond acceptors (Lipinski definition) is 2. The first-order valence-corrected chi connectivity index (χ1v) is 6.64. The molecule has 0 saturated heterocycles. The van der Waals surface area contributed by atoms with E-state index in [2.05, 4.69) is 32.0 Å². The zero-order chi connectivity index (χ0) is 14.5. The van der Waals surface area contributed by atoms with Gasteiger partial charge in [0.05, 0.1) is 0 Å². The molecule has 0 radical (unpaired) electrons. The van der Waals surface area contributed by atoms with Gasteiger partial charge in [-0.05, 0) is 37.1 Å². The molecule has 0 aliphatic carbocycles. The molecular formula is C17H19NO2. The van der Waals surface area contributed by atoms with Gasteiger partial charge in [-0.1, -0.05) is 42.0 Å². The van der Waals surface area contributed by atoms with Gasteiger partial charge in [0.25, 0.3) is 0 Å². The van der Waals surface area contributed by atoms with Crippen LogP contribution in [0.5, 0.6) is 0 Å². The quantitative estimate of drug-likeness (QED) is 0.904. The van der Waals surface area contributed by atoms with E-state index in [9.17, 15) is 4.79 Å². The van der Waals surface area contributed by atoms with Crippen molar-refractivity contribution in [2.45, 2.75) is 20.4 Å². The molecule has 20 heavy (non-hydrogen) atoms. The maximum Gasteiger partial charge on any atom is 0.323 e. The molecule has 2 rings (SSSR count). The number of benzene rings is 2. The molecule has 0 fully saturated rings. The molecule has 0 aliphatic heterocycles. The second-order valence-corrected chi connectivity index (χ2v) is 5.02. The van der Waals surface area contributed by atoms with E-state index in [-0.39, 0.29) is 6.54 Å². The van der Waals surface area contributed by atoms with Crippen molar-refractivity contribution in [3.63, 3.8) is 0 Å². The normalized spacial score (nSPS) is 10.3. The zero-order valence-electron chi connectivity index (χ0n) is 11.8. The molecule has 0 atom stereocenters. The maximum absolute atomic E-state index is 11.1. The van der Waals surface area contributed by atoms with Gasteiger partial charge in [0.2, 0.25) is 0 Å². The molecule has 104 valence electrons. The lowest BCUT2D eigenvalue weighted by Gasteiger charge is -2.24. The summed E-state index contributed by atoms with van der Waals surface area (Å²) in [6.07, 6.45) is 0. The smallest absolute Gasteiger partial charge is 0.323 e. The van der Waals surface area contributed by atoms with Crippen molar-refractivity contribution in [3.8, 4) is 0 Å². The van der Waals surface area contributed by atoms with E-state index >= 15 is 0 Å². The average Bonchev–Trinajstić information content (AvgIpc) is 2.41. The van der Waals surface area contributed by atoms with Gasteiger partial charge in [0.15, 0.2) is 0 Å². The number of carboxylic acid groups (broad SMARTS) is 1. The zero-order valence-corrected chi connectivity index (χ0v) is 11.8. The standard InChI is InChI=1S/C17H19NO2/c1-13-8-9-15(14(2)10-13)11-18(12-17(19)20)16-6-4-3-5-7-16/h3-10H,11-12H2,1-2H3,(H,19,20). The van der Waals surface area contributed by atoms with Crippen molar-refractivity contribution >= 4 is 11.7 Å². The minimum absolute atomic E-state index is 0.00265. The Bertz CT molecular complexity index is 593. The van der Waals surface area contributed by atoms with E-state index < -0.39 is 5.97 Å². The SMILES string of the molecule is Cc1ccc(CN(CC(=O)O)c2ccccc2)c(C)c1. The predicted octanol–water partition coefficient (Wildman–Crippen LogP) is 3.39. The van der Waals surface area contributed by atoms with Crippen LogP contribution in [0, 0.1) is 13.8 Å². The topological polar surface area (TPSA) is 40.5 Å². The Morgan fingerprint density at radius 1 is 1.10 bits per heavy atom. The lowest BCUT2D eigenvalue weighted by Crippen LogP contribution is -2.29. The van der Waals surface area contributed by atoms with Crippen LogP contribution in [0.25, 0.3) is 0 Å². The second-order valence-electron chi connectivity index (χ2n) is 5.02. The number of anilines is 1. The van der Waals surface area contributed by atoms with E-state index in [1.807, 2.05) is 35.2 Å². The van der Waals surface area contributed by atoms with E-state index in [0.29, 0.717) is 6.54 Å². The van der Waals surface area contributed by atoms with E-state index in [0.717, 1.165) is 11.3 Å². The molecule has 0 aliphatic rings. The van der Waals surface area contributed by atoms with Crippen LogP contribution in [0.1, 0.15) is 16.7 Å². The monoisotopic (exact) mass is 269 g/mol. The van der Waals surface area contributed by atoms with E-state index in [4.69, 9.17) is 5.11 Å². The van der Waals surface area contributed by atoms with Gasteiger partial charge in [-0.25, -0.2) is 0 Å². The molecule has 0 heterocycles. The molecule has 3 nitrogen and oxygen atoms in total. The molecule has 0 saturated carbocycles. The largest absolute Gasteiger partial charge is 0.480 e. The average molecular weight is 269 g/mol. The fourth-order valence-electron chi connectivity index (χ4n) is 2.27. The molecule has 0 amide bonds. The highest BCUT2D eigenvalue weighted by molar-refractivity contribution is 5.73. The fourth-order valence-corrected chi connectivity index (χ4v) is 2.27. The number of nitrogens with zero attached hydrogens (tertiary/aromatic N) is 1. The Kier molecular flexibility index (Phi) is 4.41. The molecular weight excluding hydrogens is 250 g/mol. The lowest BCUT2D eigenvalue weighted by atomic mass is 10.1. The second kappa shape index (κ2) is 6.24. The minimum atomic E-state index is -0.821. The highest BCUT2D eigenvalue weighted by atomic mass is 16.4. The number of carboxylic acids is 1. The number of hydrogen-bond donors (Lipinski definition) is 1. The van der Waals surface area contributed by atoms with Crippen LogP contribution in [-0.4, -0.2) is 17.6 Å². The van der Waals surface area contributed by atoms with Crippen LogP contribution >= 0.6 is 0 Å². The van der Waals surface area contributed by atoms with Gasteiger partial charge < -0.3 is 10.0 Å². The van der Waals surface area contributed by atoms with Crippen molar-refractivity contribution in [1.29, 1.82) is 0 Å². The molecule has 2 aromatic carbocycles. The third-order valence-corrected chi connectivity index (χ3v) is 3.31. The summed E-state index contributed by atoms with van der Waals surface area (Å²) < 4.78 is 0. The van der Waals surface area contributed by atoms with Gasteiger partial charge in [0.1, 0.15) is 6.54 Å². The summed E-state index contributed by atoms with van der Waals surface area (Å²) in [5, 5.41) is 9.09. The number of carbonyl (C=O) groups is 1. The van der Waals surface area contributed by atoms with Gasteiger partial charge in [-0.2, -0.15) is 0 Å². The Hall–Kier alpha value is -2.29. The number of rotatable bonds is 5. The van der Waals surface area contributed by atoms with Gasteiger partial charge in [-0.15, -0.1) is 0 Å². The summed E-state index contributed by atoms with van der Waals surface area (Å²) in [5.74, 6) is -0.821. The highest BCUT2D eigenvalue weighted by Gasteiger charge is 2.12.